The monoisotopic (exact) mass is 238 g/mol. The molecule has 3 heteroatoms. The van der Waals surface area contributed by atoms with E-state index in [4.69, 9.17) is 0 Å². The lowest BCUT2D eigenvalue weighted by Crippen LogP contribution is -2.23. The van der Waals surface area contributed by atoms with Gasteiger partial charge in [-0.3, -0.25) is 4.79 Å². The molecule has 0 aromatic rings. The minimum atomic E-state index is -0.396. The molecular weight excluding hydrogens is 216 g/mol. The molecule has 0 saturated carbocycles. The molecule has 0 radical (unpaired) electrons. The predicted molar refractivity (Wildman–Crippen MR) is 68.6 cm³/mol. The van der Waals surface area contributed by atoms with Crippen molar-refractivity contribution >= 4 is 11.8 Å². The van der Waals surface area contributed by atoms with Gasteiger partial charge in [0.1, 0.15) is 0 Å². The summed E-state index contributed by atoms with van der Waals surface area (Å²) in [6.45, 7) is 11.4. The number of ether oxygens (including phenoxy) is 1. The van der Waals surface area contributed by atoms with E-state index in [0.717, 1.165) is 5.57 Å². The average molecular weight is 238 g/mol. The highest BCUT2D eigenvalue weighted by Crippen LogP contribution is 2.31. The van der Waals surface area contributed by atoms with Gasteiger partial charge in [0.25, 0.3) is 0 Å². The number of hydrogen-bond donors (Lipinski definition) is 0. The van der Waals surface area contributed by atoms with E-state index in [-0.39, 0.29) is 11.7 Å². The molecule has 0 bridgehead atoms. The highest BCUT2D eigenvalue weighted by molar-refractivity contribution is 6.04. The molecule has 0 amide bonds. The number of allylic oxidation sites excluding steroid dienone is 2. The number of hydrogen-bond acceptors (Lipinski definition) is 3. The van der Waals surface area contributed by atoms with Gasteiger partial charge in [-0.25, -0.2) is 4.79 Å². The van der Waals surface area contributed by atoms with Crippen molar-refractivity contribution < 1.29 is 14.3 Å². The summed E-state index contributed by atoms with van der Waals surface area (Å²) in [5.74, 6) is -0.295. The molecule has 1 rings (SSSR count). The molecule has 17 heavy (non-hydrogen) atoms. The van der Waals surface area contributed by atoms with Gasteiger partial charge in [-0.1, -0.05) is 26.0 Å². The summed E-state index contributed by atoms with van der Waals surface area (Å²) in [4.78, 5) is 23.1. The van der Waals surface area contributed by atoms with Crippen LogP contribution in [0.5, 0.6) is 0 Å². The molecule has 0 aromatic carbocycles. The predicted octanol–water partition coefficient (Wildman–Crippen LogP) is 3.06. The molecule has 0 fully saturated rings. The number of rotatable bonds is 2. The van der Waals surface area contributed by atoms with Crippen molar-refractivity contribution in [2.45, 2.75) is 40.5 Å². The van der Waals surface area contributed by atoms with Crippen LogP contribution in [-0.2, 0) is 14.3 Å². The summed E-state index contributed by atoms with van der Waals surface area (Å²) in [7, 11) is 1.33. The van der Waals surface area contributed by atoms with E-state index in [9.17, 15) is 9.59 Å². The fraction of sp³-hybridized carbons (Fsp3) is 0.571. The molecule has 0 aromatic heterocycles. The lowest BCUT2D eigenvalue weighted by Gasteiger charge is -2.23. The first kappa shape index (κ1) is 15.6. The van der Waals surface area contributed by atoms with Crippen molar-refractivity contribution in [3.8, 4) is 0 Å². The minimum Gasteiger partial charge on any atom is -0.466 e. The summed E-state index contributed by atoms with van der Waals surface area (Å²) >= 11 is 0. The molecule has 0 N–H and O–H groups in total. The quantitative estimate of drug-likeness (QED) is 0.548. The van der Waals surface area contributed by atoms with E-state index < -0.39 is 5.97 Å². The summed E-state index contributed by atoms with van der Waals surface area (Å²) in [6.07, 6.45) is 1.03. The largest absolute Gasteiger partial charge is 0.466 e. The van der Waals surface area contributed by atoms with Crippen LogP contribution in [0.3, 0.4) is 0 Å². The third kappa shape index (κ3) is 3.84. The van der Waals surface area contributed by atoms with E-state index in [1.54, 1.807) is 6.92 Å². The van der Waals surface area contributed by atoms with Crippen LogP contribution < -0.4 is 0 Å². The van der Waals surface area contributed by atoms with Gasteiger partial charge in [-0.05, 0) is 26.2 Å². The zero-order valence-corrected chi connectivity index (χ0v) is 11.4. The normalized spacial score (nSPS) is 19.4. The van der Waals surface area contributed by atoms with Crippen LogP contribution in [0.25, 0.3) is 0 Å². The number of Topliss-reactive ketones (excluding diaryl/α,β-unsaturated/α-hetero) is 1. The average Bonchev–Trinajstić information content (AvgIpc) is 2.33. The minimum absolute atomic E-state index is 0.0228. The van der Waals surface area contributed by atoms with Gasteiger partial charge in [0.15, 0.2) is 5.78 Å². The summed E-state index contributed by atoms with van der Waals surface area (Å²) in [5.41, 5.74) is 1.98. The van der Waals surface area contributed by atoms with Crippen LogP contribution in [-0.4, -0.2) is 18.9 Å². The van der Waals surface area contributed by atoms with E-state index in [1.165, 1.54) is 7.11 Å². The Hall–Kier alpha value is -1.38. The van der Waals surface area contributed by atoms with Crippen LogP contribution in [0.1, 0.15) is 40.5 Å². The Kier molecular flexibility index (Phi) is 6.47. The summed E-state index contributed by atoms with van der Waals surface area (Å²) < 4.78 is 4.66. The first-order valence-corrected chi connectivity index (χ1v) is 5.94. The van der Waals surface area contributed by atoms with Gasteiger partial charge in [0.05, 0.1) is 7.11 Å². The maximum atomic E-state index is 11.6. The van der Waals surface area contributed by atoms with Gasteiger partial charge >= 0.3 is 5.97 Å². The van der Waals surface area contributed by atoms with E-state index in [1.807, 2.05) is 20.8 Å². The Labute approximate surface area is 104 Å². The van der Waals surface area contributed by atoms with Crippen molar-refractivity contribution in [2.24, 2.45) is 5.92 Å². The third-order valence-corrected chi connectivity index (χ3v) is 2.88. The Morgan fingerprint density at radius 3 is 2.29 bits per heavy atom. The first-order valence-electron chi connectivity index (χ1n) is 5.94. The number of esters is 1. The zero-order chi connectivity index (χ0) is 13.6. The second kappa shape index (κ2) is 7.05. The Balaban J connectivity index is 0.00000121. The van der Waals surface area contributed by atoms with Crippen molar-refractivity contribution in [3.05, 3.63) is 23.3 Å². The van der Waals surface area contributed by atoms with Crippen LogP contribution in [0.4, 0.5) is 0 Å². The molecule has 1 unspecified atom stereocenters. The number of methoxy groups -OCH3 is 1. The Bertz CT molecular complexity index is 350. The molecule has 1 aliphatic carbocycles. The molecule has 1 atom stereocenters. The Morgan fingerprint density at radius 1 is 1.35 bits per heavy atom. The van der Waals surface area contributed by atoms with Gasteiger partial charge in [-0.15, -0.1) is 0 Å². The van der Waals surface area contributed by atoms with Crippen molar-refractivity contribution in [2.75, 3.05) is 7.11 Å². The zero-order valence-electron chi connectivity index (χ0n) is 11.4. The standard InChI is InChI=1S/C12H16O3.C2H6/c1-7(2)9-5-10(12(14)15-4)8(3)11(13)6-9;1-2/h9H,1,5-6H2,2-4H3;1-2H3. The van der Waals surface area contributed by atoms with Gasteiger partial charge in [0.2, 0.25) is 0 Å². The maximum absolute atomic E-state index is 11.6. The van der Waals surface area contributed by atoms with E-state index in [2.05, 4.69) is 11.3 Å². The summed E-state index contributed by atoms with van der Waals surface area (Å²) in [5, 5.41) is 0. The van der Waals surface area contributed by atoms with Crippen LogP contribution in [0, 0.1) is 5.92 Å². The first-order chi connectivity index (χ1) is 7.97. The van der Waals surface area contributed by atoms with Gasteiger partial charge in [0, 0.05) is 17.6 Å². The smallest absolute Gasteiger partial charge is 0.334 e. The van der Waals surface area contributed by atoms with Crippen LogP contribution >= 0.6 is 0 Å². The fourth-order valence-corrected chi connectivity index (χ4v) is 1.72. The molecule has 0 spiro atoms. The SMILES string of the molecule is C=C(C)C1CC(=O)C(C)=C(C(=O)OC)C1.CC. The second-order valence-electron chi connectivity index (χ2n) is 3.97. The van der Waals surface area contributed by atoms with Crippen LogP contribution in [0.2, 0.25) is 0 Å². The number of ketones is 1. The molecular formula is C14H22O3. The van der Waals surface area contributed by atoms with E-state index in [0.29, 0.717) is 24.0 Å². The molecule has 1 aliphatic rings. The molecule has 0 saturated heterocycles. The molecule has 0 aliphatic heterocycles. The number of carbonyl (C=O) groups excluding carboxylic acids is 2. The van der Waals surface area contributed by atoms with Crippen molar-refractivity contribution in [1.29, 1.82) is 0 Å². The molecule has 3 nitrogen and oxygen atoms in total. The van der Waals surface area contributed by atoms with Gasteiger partial charge < -0.3 is 4.74 Å². The van der Waals surface area contributed by atoms with Crippen molar-refractivity contribution in [1.82, 2.24) is 0 Å². The molecule has 0 heterocycles. The maximum Gasteiger partial charge on any atom is 0.334 e. The fourth-order valence-electron chi connectivity index (χ4n) is 1.72. The third-order valence-electron chi connectivity index (χ3n) is 2.88. The number of carbonyl (C=O) groups is 2. The van der Waals surface area contributed by atoms with E-state index >= 15 is 0 Å². The lowest BCUT2D eigenvalue weighted by atomic mass is 9.80. The lowest BCUT2D eigenvalue weighted by molar-refractivity contribution is -0.137. The van der Waals surface area contributed by atoms with Crippen LogP contribution in [0.15, 0.2) is 23.3 Å². The van der Waals surface area contributed by atoms with Gasteiger partial charge in [-0.2, -0.15) is 0 Å². The Morgan fingerprint density at radius 2 is 1.88 bits per heavy atom. The molecule has 96 valence electrons. The second-order valence-corrected chi connectivity index (χ2v) is 3.97. The highest BCUT2D eigenvalue weighted by Gasteiger charge is 2.29. The van der Waals surface area contributed by atoms with Crippen molar-refractivity contribution in [3.63, 3.8) is 0 Å². The topological polar surface area (TPSA) is 43.4 Å². The summed E-state index contributed by atoms with van der Waals surface area (Å²) in [6, 6.07) is 0. The highest BCUT2D eigenvalue weighted by atomic mass is 16.5.